The number of carbonyl (C=O) groups is 1. The normalized spacial score (nSPS) is 12.2. The van der Waals surface area contributed by atoms with Crippen molar-refractivity contribution in [2.75, 3.05) is 13.7 Å². The van der Waals surface area contributed by atoms with Gasteiger partial charge >= 0.3 is 0 Å². The number of hydrogen-bond donors (Lipinski definition) is 1. The van der Waals surface area contributed by atoms with Gasteiger partial charge in [0.1, 0.15) is 5.82 Å². The van der Waals surface area contributed by atoms with Crippen molar-refractivity contribution in [2.24, 2.45) is 0 Å². The monoisotopic (exact) mass is 357 g/mol. The van der Waals surface area contributed by atoms with Crippen molar-refractivity contribution in [3.05, 3.63) is 62.8 Å². The van der Waals surface area contributed by atoms with E-state index in [0.29, 0.717) is 34.8 Å². The quantitative estimate of drug-likeness (QED) is 0.736. The fraction of sp³-hybridized carbons (Fsp3) is 0.278. The molecule has 1 amide bonds. The van der Waals surface area contributed by atoms with Gasteiger partial charge in [0.05, 0.1) is 35.0 Å². The summed E-state index contributed by atoms with van der Waals surface area (Å²) in [5.74, 6) is 0.342. The number of methoxy groups -OCH3 is 1. The number of nitrogens with zero attached hydrogens (tertiary/aromatic N) is 2. The number of benzene rings is 1. The summed E-state index contributed by atoms with van der Waals surface area (Å²) in [6.45, 7) is 2.59. The van der Waals surface area contributed by atoms with E-state index < -0.39 is 6.04 Å². The minimum Gasteiger partial charge on any atom is -0.383 e. The average molecular weight is 357 g/mol. The van der Waals surface area contributed by atoms with E-state index in [0.717, 1.165) is 0 Å². The van der Waals surface area contributed by atoms with Crippen LogP contribution in [0.1, 0.15) is 28.5 Å². The number of aromatic nitrogens is 2. The van der Waals surface area contributed by atoms with Crippen molar-refractivity contribution in [2.45, 2.75) is 19.5 Å². The molecule has 0 aliphatic rings. The van der Waals surface area contributed by atoms with Crippen molar-refractivity contribution in [1.29, 1.82) is 0 Å². The molecular weight excluding hydrogens is 338 g/mol. The number of hydrogen-bond acceptors (Lipinski definition) is 5. The van der Waals surface area contributed by atoms with Crippen LogP contribution in [-0.4, -0.2) is 29.2 Å². The summed E-state index contributed by atoms with van der Waals surface area (Å²) in [5.41, 5.74) is 0.489. The molecule has 1 aromatic carbocycles. The first-order valence-corrected chi connectivity index (χ1v) is 8.82. The van der Waals surface area contributed by atoms with Crippen molar-refractivity contribution in [3.8, 4) is 0 Å². The third-order valence-electron chi connectivity index (χ3n) is 3.89. The molecule has 1 N–H and O–H groups in total. The molecule has 130 valence electrons. The molecule has 7 heteroatoms. The summed E-state index contributed by atoms with van der Waals surface area (Å²) in [5, 5.41) is 5.32. The van der Waals surface area contributed by atoms with Crippen LogP contribution in [0, 0.1) is 0 Å². The Balaban J connectivity index is 2.00. The molecule has 0 radical (unpaired) electrons. The molecule has 3 rings (SSSR count). The highest BCUT2D eigenvalue weighted by Gasteiger charge is 2.19. The second-order valence-electron chi connectivity index (χ2n) is 5.61. The maximum atomic E-state index is 12.8. The predicted octanol–water partition coefficient (Wildman–Crippen LogP) is 2.60. The maximum absolute atomic E-state index is 12.8. The molecule has 0 aliphatic carbocycles. The zero-order chi connectivity index (χ0) is 17.8. The third-order valence-corrected chi connectivity index (χ3v) is 4.76. The highest BCUT2D eigenvalue weighted by Crippen LogP contribution is 2.16. The van der Waals surface area contributed by atoms with E-state index in [-0.39, 0.29) is 11.5 Å². The topological polar surface area (TPSA) is 73.2 Å². The highest BCUT2D eigenvalue weighted by molar-refractivity contribution is 7.12. The summed E-state index contributed by atoms with van der Waals surface area (Å²) < 4.78 is 6.69. The number of nitrogens with one attached hydrogen (secondary N) is 1. The summed E-state index contributed by atoms with van der Waals surface area (Å²) >= 11 is 1.37. The van der Waals surface area contributed by atoms with E-state index >= 15 is 0 Å². The molecule has 2 heterocycles. The first-order valence-electron chi connectivity index (χ1n) is 7.94. The Morgan fingerprint density at radius 2 is 2.12 bits per heavy atom. The van der Waals surface area contributed by atoms with Crippen LogP contribution < -0.4 is 10.9 Å². The van der Waals surface area contributed by atoms with Gasteiger partial charge < -0.3 is 10.1 Å². The molecule has 0 saturated heterocycles. The van der Waals surface area contributed by atoms with Gasteiger partial charge in [-0.2, -0.15) is 0 Å². The number of thiophene rings is 1. The molecule has 0 fully saturated rings. The lowest BCUT2D eigenvalue weighted by atomic mass is 10.2. The lowest BCUT2D eigenvalue weighted by molar-refractivity contribution is 0.0941. The second-order valence-corrected chi connectivity index (χ2v) is 6.56. The fourth-order valence-electron chi connectivity index (χ4n) is 2.65. The van der Waals surface area contributed by atoms with Crippen LogP contribution in [0.15, 0.2) is 46.6 Å². The third kappa shape index (κ3) is 3.62. The average Bonchev–Trinajstić information content (AvgIpc) is 3.15. The molecule has 0 spiro atoms. The van der Waals surface area contributed by atoms with Crippen molar-refractivity contribution < 1.29 is 9.53 Å². The number of carbonyl (C=O) groups excluding carboxylic acids is 1. The zero-order valence-corrected chi connectivity index (χ0v) is 14.9. The number of fused-ring (bicyclic) bond motifs is 1. The summed E-state index contributed by atoms with van der Waals surface area (Å²) in [7, 11) is 1.58. The van der Waals surface area contributed by atoms with Crippen LogP contribution >= 0.6 is 11.3 Å². The molecule has 25 heavy (non-hydrogen) atoms. The molecule has 0 saturated carbocycles. The van der Waals surface area contributed by atoms with Crippen LogP contribution in [0.25, 0.3) is 10.9 Å². The van der Waals surface area contributed by atoms with Crippen LogP contribution in [-0.2, 0) is 11.3 Å². The Morgan fingerprint density at radius 3 is 2.84 bits per heavy atom. The van der Waals surface area contributed by atoms with E-state index in [1.54, 1.807) is 29.9 Å². The summed E-state index contributed by atoms with van der Waals surface area (Å²) in [6.07, 6.45) is 0. The Kier molecular flexibility index (Phi) is 5.25. The van der Waals surface area contributed by atoms with Gasteiger partial charge in [0.25, 0.3) is 11.5 Å². The number of ether oxygens (including phenoxy) is 1. The second kappa shape index (κ2) is 7.58. The van der Waals surface area contributed by atoms with Crippen LogP contribution in [0.5, 0.6) is 0 Å². The van der Waals surface area contributed by atoms with E-state index in [2.05, 4.69) is 10.3 Å². The first-order chi connectivity index (χ1) is 12.1. The van der Waals surface area contributed by atoms with Gasteiger partial charge in [0.15, 0.2) is 0 Å². The van der Waals surface area contributed by atoms with Crippen LogP contribution in [0.3, 0.4) is 0 Å². The maximum Gasteiger partial charge on any atom is 0.261 e. The van der Waals surface area contributed by atoms with Crippen LogP contribution in [0.4, 0.5) is 0 Å². The molecule has 1 atom stereocenters. The van der Waals surface area contributed by atoms with Crippen molar-refractivity contribution in [1.82, 2.24) is 14.9 Å². The van der Waals surface area contributed by atoms with E-state index in [4.69, 9.17) is 4.74 Å². The Morgan fingerprint density at radius 1 is 1.32 bits per heavy atom. The van der Waals surface area contributed by atoms with E-state index in [1.807, 2.05) is 30.5 Å². The molecular formula is C18H19N3O3S. The summed E-state index contributed by atoms with van der Waals surface area (Å²) in [4.78, 5) is 30.4. The van der Waals surface area contributed by atoms with Crippen molar-refractivity contribution >= 4 is 28.1 Å². The van der Waals surface area contributed by atoms with Gasteiger partial charge in [-0.25, -0.2) is 4.98 Å². The standard InChI is InChI=1S/C18H19N3O3S/c1-12(19-17(22)15-8-5-11-25-15)16-20-14-7-4-3-6-13(14)18(23)21(16)9-10-24-2/h3-8,11-12H,9-10H2,1-2H3,(H,19,22). The number of rotatable bonds is 6. The van der Waals surface area contributed by atoms with E-state index in [1.165, 1.54) is 11.3 Å². The molecule has 6 nitrogen and oxygen atoms in total. The predicted molar refractivity (Wildman–Crippen MR) is 98.1 cm³/mol. The Bertz CT molecular complexity index is 934. The molecule has 1 unspecified atom stereocenters. The van der Waals surface area contributed by atoms with Gasteiger partial charge in [-0.3, -0.25) is 14.2 Å². The fourth-order valence-corrected chi connectivity index (χ4v) is 3.28. The van der Waals surface area contributed by atoms with Gasteiger partial charge in [-0.15, -0.1) is 11.3 Å². The molecule has 0 aliphatic heterocycles. The van der Waals surface area contributed by atoms with E-state index in [9.17, 15) is 9.59 Å². The minimum atomic E-state index is -0.413. The smallest absolute Gasteiger partial charge is 0.261 e. The largest absolute Gasteiger partial charge is 0.383 e. The lowest BCUT2D eigenvalue weighted by Gasteiger charge is -2.19. The zero-order valence-electron chi connectivity index (χ0n) is 14.1. The van der Waals surface area contributed by atoms with Gasteiger partial charge in [-0.05, 0) is 30.5 Å². The molecule has 3 aromatic rings. The minimum absolute atomic E-state index is 0.130. The Labute approximate surface area is 149 Å². The SMILES string of the molecule is COCCn1c(C(C)NC(=O)c2cccs2)nc2ccccc2c1=O. The molecule has 0 bridgehead atoms. The van der Waals surface area contributed by atoms with Crippen molar-refractivity contribution in [3.63, 3.8) is 0 Å². The highest BCUT2D eigenvalue weighted by atomic mass is 32.1. The van der Waals surface area contributed by atoms with Crippen LogP contribution in [0.2, 0.25) is 0 Å². The lowest BCUT2D eigenvalue weighted by Crippen LogP contribution is -2.34. The first kappa shape index (κ1) is 17.3. The number of para-hydroxylation sites is 1. The van der Waals surface area contributed by atoms with Gasteiger partial charge in [-0.1, -0.05) is 18.2 Å². The summed E-state index contributed by atoms with van der Waals surface area (Å²) in [6, 6.07) is 10.4. The van der Waals surface area contributed by atoms with Gasteiger partial charge in [0, 0.05) is 7.11 Å². The van der Waals surface area contributed by atoms with Gasteiger partial charge in [0.2, 0.25) is 0 Å². The Hall–Kier alpha value is -2.51. The number of amides is 1. The molecule has 2 aromatic heterocycles.